The highest BCUT2D eigenvalue weighted by Gasteiger charge is 2.72. The number of carbonyl (C=O) groups is 1. The first-order valence-electron chi connectivity index (χ1n) is 10.6. The van der Waals surface area contributed by atoms with E-state index < -0.39 is 48.7 Å². The van der Waals surface area contributed by atoms with Crippen LogP contribution in [0.2, 0.25) is 0 Å². The molecular formula is C21H29F5O3. The predicted octanol–water partition coefficient (Wildman–Crippen LogP) is 5.37. The summed E-state index contributed by atoms with van der Waals surface area (Å²) in [6.45, 7) is 0.842. The van der Waals surface area contributed by atoms with E-state index in [0.29, 0.717) is 11.8 Å². The summed E-state index contributed by atoms with van der Waals surface area (Å²) < 4.78 is 81.5. The van der Waals surface area contributed by atoms with Gasteiger partial charge < -0.3 is 9.47 Å². The normalized spacial score (nSPS) is 46.0. The maximum atomic E-state index is 14.7. The van der Waals surface area contributed by atoms with Gasteiger partial charge in [-0.3, -0.25) is 4.79 Å². The van der Waals surface area contributed by atoms with E-state index in [1.54, 1.807) is 0 Å². The first-order valence-corrected chi connectivity index (χ1v) is 10.6. The van der Waals surface area contributed by atoms with Crippen LogP contribution in [0, 0.1) is 35.5 Å². The van der Waals surface area contributed by atoms with Crippen LogP contribution < -0.4 is 0 Å². The average Bonchev–Trinajstić information content (AvgIpc) is 2.57. The molecule has 5 saturated carbocycles. The maximum absolute atomic E-state index is 14.7. The summed E-state index contributed by atoms with van der Waals surface area (Å²) in [4.78, 5) is 12.6. The molecule has 0 aliphatic heterocycles. The second kappa shape index (κ2) is 7.06. The fraction of sp³-hybridized carbons (Fsp3) is 0.952. The number of esters is 1. The van der Waals surface area contributed by atoms with E-state index in [-0.39, 0.29) is 31.1 Å². The molecule has 5 fully saturated rings. The Morgan fingerprint density at radius 1 is 1.00 bits per heavy atom. The van der Waals surface area contributed by atoms with Crippen molar-refractivity contribution in [3.63, 3.8) is 0 Å². The van der Waals surface area contributed by atoms with Gasteiger partial charge in [-0.05, 0) is 74.5 Å². The smallest absolute Gasteiger partial charge is 0.313 e. The summed E-state index contributed by atoms with van der Waals surface area (Å²) in [6, 6.07) is 0. The predicted molar refractivity (Wildman–Crippen MR) is 94.2 cm³/mol. The Labute approximate surface area is 167 Å². The van der Waals surface area contributed by atoms with Crippen molar-refractivity contribution in [1.82, 2.24) is 0 Å². The number of hydrogen-bond donors (Lipinski definition) is 0. The van der Waals surface area contributed by atoms with Crippen LogP contribution in [0.5, 0.6) is 0 Å². The monoisotopic (exact) mass is 424 g/mol. The van der Waals surface area contributed by atoms with Crippen molar-refractivity contribution in [2.24, 2.45) is 35.5 Å². The quantitative estimate of drug-likeness (QED) is 0.338. The van der Waals surface area contributed by atoms with Crippen LogP contribution in [0.15, 0.2) is 0 Å². The summed E-state index contributed by atoms with van der Waals surface area (Å²) in [5, 5.41) is 0. The molecule has 3 atom stereocenters. The van der Waals surface area contributed by atoms with Crippen LogP contribution in [-0.4, -0.2) is 36.4 Å². The van der Waals surface area contributed by atoms with Gasteiger partial charge in [0, 0.05) is 6.92 Å². The number of carbonyl (C=O) groups excluding carboxylic acids is 1. The summed E-state index contributed by atoms with van der Waals surface area (Å²) >= 11 is 0. The standard InChI is InChI=1S/C21H29F5O3/c1-11-3-16(21(25,26)20(24,9-11)19(2,22)23)28-10-29-18(27)17-14-5-12-4-13(7-14)8-15(17)6-12/h11-17H,3-10H2,1-2H3. The van der Waals surface area contributed by atoms with E-state index in [2.05, 4.69) is 0 Å². The highest BCUT2D eigenvalue weighted by atomic mass is 19.3. The van der Waals surface area contributed by atoms with Crippen molar-refractivity contribution in [3.05, 3.63) is 0 Å². The number of rotatable bonds is 5. The van der Waals surface area contributed by atoms with Gasteiger partial charge in [-0.15, -0.1) is 0 Å². The average molecular weight is 424 g/mol. The molecule has 8 heteroatoms. The van der Waals surface area contributed by atoms with Crippen LogP contribution in [0.3, 0.4) is 0 Å². The molecule has 4 bridgehead atoms. The number of hydrogen-bond acceptors (Lipinski definition) is 3. The van der Waals surface area contributed by atoms with Crippen LogP contribution in [0.4, 0.5) is 22.0 Å². The summed E-state index contributed by atoms with van der Waals surface area (Å²) in [6.07, 6.45) is 1.96. The first-order chi connectivity index (χ1) is 13.4. The van der Waals surface area contributed by atoms with Crippen molar-refractivity contribution < 1.29 is 36.2 Å². The molecule has 166 valence electrons. The molecule has 3 nitrogen and oxygen atoms in total. The third kappa shape index (κ3) is 3.47. The molecule has 0 amide bonds. The third-order valence-corrected chi connectivity index (χ3v) is 7.84. The Bertz CT molecular complexity index is 621. The third-order valence-electron chi connectivity index (χ3n) is 7.84. The Hall–Kier alpha value is -0.920. The highest BCUT2D eigenvalue weighted by molar-refractivity contribution is 5.73. The van der Waals surface area contributed by atoms with Crippen molar-refractivity contribution in [3.8, 4) is 0 Å². The van der Waals surface area contributed by atoms with Crippen LogP contribution in [0.1, 0.15) is 58.8 Å². The SMILES string of the molecule is CC1CC(OCOC(=O)C2C3CC4CC(C3)CC2C4)C(F)(F)C(F)(C(C)(F)F)C1. The molecular weight excluding hydrogens is 395 g/mol. The van der Waals surface area contributed by atoms with Gasteiger partial charge in [0.05, 0.1) is 5.92 Å². The van der Waals surface area contributed by atoms with Gasteiger partial charge >= 0.3 is 11.9 Å². The van der Waals surface area contributed by atoms with E-state index >= 15 is 0 Å². The Balaban J connectivity index is 1.37. The lowest BCUT2D eigenvalue weighted by molar-refractivity contribution is -0.310. The number of halogens is 5. The second-order valence-corrected chi connectivity index (χ2v) is 10.1. The minimum Gasteiger partial charge on any atom is -0.438 e. The molecule has 0 N–H and O–H groups in total. The van der Waals surface area contributed by atoms with Gasteiger partial charge in [-0.25, -0.2) is 13.2 Å². The van der Waals surface area contributed by atoms with E-state index in [9.17, 15) is 26.7 Å². The summed E-state index contributed by atoms with van der Waals surface area (Å²) in [7, 11) is 0. The molecule has 3 unspecified atom stereocenters. The lowest BCUT2D eigenvalue weighted by Crippen LogP contribution is -2.65. The molecule has 0 heterocycles. The van der Waals surface area contributed by atoms with Gasteiger partial charge in [-0.2, -0.15) is 8.78 Å². The topological polar surface area (TPSA) is 35.5 Å². The molecule has 0 aromatic carbocycles. The summed E-state index contributed by atoms with van der Waals surface area (Å²) in [5.74, 6) is -8.12. The van der Waals surface area contributed by atoms with E-state index in [1.165, 1.54) is 13.3 Å². The molecule has 5 aliphatic rings. The minimum absolute atomic E-state index is 0.169. The van der Waals surface area contributed by atoms with Gasteiger partial charge in [0.25, 0.3) is 5.92 Å². The van der Waals surface area contributed by atoms with Crippen molar-refractivity contribution in [1.29, 1.82) is 0 Å². The Kier molecular flexibility index (Phi) is 5.19. The summed E-state index contributed by atoms with van der Waals surface area (Å²) in [5.41, 5.74) is -3.99. The lowest BCUT2D eigenvalue weighted by Gasteiger charge is -2.53. The highest BCUT2D eigenvalue weighted by Crippen LogP contribution is 2.57. The Morgan fingerprint density at radius 2 is 1.55 bits per heavy atom. The minimum atomic E-state index is -4.38. The van der Waals surface area contributed by atoms with Gasteiger partial charge in [0.15, 0.2) is 6.79 Å². The van der Waals surface area contributed by atoms with Gasteiger partial charge in [-0.1, -0.05) is 6.92 Å². The van der Waals surface area contributed by atoms with Crippen molar-refractivity contribution in [2.45, 2.75) is 82.4 Å². The fourth-order valence-electron chi connectivity index (χ4n) is 6.69. The molecule has 5 aliphatic carbocycles. The lowest BCUT2D eigenvalue weighted by atomic mass is 9.52. The zero-order valence-corrected chi connectivity index (χ0v) is 16.8. The maximum Gasteiger partial charge on any atom is 0.313 e. The molecule has 5 rings (SSSR count). The van der Waals surface area contributed by atoms with Gasteiger partial charge in [0.1, 0.15) is 6.10 Å². The number of ether oxygens (including phenoxy) is 2. The fourth-order valence-corrected chi connectivity index (χ4v) is 6.69. The second-order valence-electron chi connectivity index (χ2n) is 10.1. The van der Waals surface area contributed by atoms with E-state index in [1.807, 2.05) is 0 Å². The molecule has 0 radical (unpaired) electrons. The molecule has 0 aromatic rings. The van der Waals surface area contributed by atoms with Crippen LogP contribution in [-0.2, 0) is 14.3 Å². The van der Waals surface area contributed by atoms with Gasteiger partial charge in [0.2, 0.25) is 5.67 Å². The molecule has 0 spiro atoms. The van der Waals surface area contributed by atoms with Crippen LogP contribution >= 0.6 is 0 Å². The van der Waals surface area contributed by atoms with Crippen LogP contribution in [0.25, 0.3) is 0 Å². The molecule has 29 heavy (non-hydrogen) atoms. The molecule has 0 aromatic heterocycles. The zero-order chi connectivity index (χ0) is 21.2. The van der Waals surface area contributed by atoms with Crippen molar-refractivity contribution in [2.75, 3.05) is 6.79 Å². The van der Waals surface area contributed by atoms with E-state index in [4.69, 9.17) is 9.47 Å². The molecule has 0 saturated heterocycles. The first kappa shape index (κ1) is 21.3. The van der Waals surface area contributed by atoms with E-state index in [0.717, 1.165) is 25.7 Å². The zero-order valence-electron chi connectivity index (χ0n) is 16.8. The Morgan fingerprint density at radius 3 is 2.07 bits per heavy atom. The largest absolute Gasteiger partial charge is 0.438 e. The number of alkyl halides is 5. The van der Waals surface area contributed by atoms with Crippen molar-refractivity contribution >= 4 is 5.97 Å².